The molecule has 0 amide bonds. The van der Waals surface area contributed by atoms with E-state index in [0.717, 1.165) is 0 Å². The van der Waals surface area contributed by atoms with E-state index in [1.54, 1.807) is 0 Å². The van der Waals surface area contributed by atoms with Gasteiger partial charge >= 0.3 is 0 Å². The van der Waals surface area contributed by atoms with E-state index in [-0.39, 0.29) is 6.04 Å². The van der Waals surface area contributed by atoms with Crippen molar-refractivity contribution in [2.75, 3.05) is 4.90 Å². The van der Waals surface area contributed by atoms with Gasteiger partial charge in [-0.3, -0.25) is 0 Å². The van der Waals surface area contributed by atoms with Gasteiger partial charge in [-0.2, -0.15) is 0 Å². The number of nitrogens with zero attached hydrogens (tertiary/aromatic N) is 2. The van der Waals surface area contributed by atoms with Gasteiger partial charge in [0.25, 0.3) is 0 Å². The van der Waals surface area contributed by atoms with Crippen molar-refractivity contribution in [3.05, 3.63) is 139 Å². The van der Waals surface area contributed by atoms with E-state index in [0.29, 0.717) is 5.92 Å². The Hall–Kier alpha value is -4.30. The van der Waals surface area contributed by atoms with Crippen LogP contribution in [0.2, 0.25) is 0 Å². The molecule has 1 aliphatic heterocycles. The largest absolute Gasteiger partial charge is 0.319 e. The Balaban J connectivity index is 1.45. The lowest BCUT2D eigenvalue weighted by Gasteiger charge is -2.29. The van der Waals surface area contributed by atoms with Crippen LogP contribution >= 0.6 is 0 Å². The molecule has 0 N–H and O–H groups in total. The first-order valence-electron chi connectivity index (χ1n) is 11.9. The molecular formula is C32H24N2. The molecule has 0 radical (unpaired) electrons. The number of benzene rings is 3. The minimum absolute atomic E-state index is 0.261. The van der Waals surface area contributed by atoms with E-state index in [9.17, 15) is 0 Å². The normalized spacial score (nSPS) is 18.3. The van der Waals surface area contributed by atoms with Crippen molar-refractivity contribution in [2.24, 2.45) is 0 Å². The van der Waals surface area contributed by atoms with Crippen LogP contribution in [-0.2, 0) is 0 Å². The number of anilines is 2. The van der Waals surface area contributed by atoms with Gasteiger partial charge in [-0.1, -0.05) is 103 Å². The van der Waals surface area contributed by atoms with Crippen LogP contribution in [0.4, 0.5) is 11.5 Å². The van der Waals surface area contributed by atoms with E-state index in [1.165, 1.54) is 44.8 Å². The number of pyridine rings is 1. The number of rotatable bonds is 3. The smallest absolute Gasteiger partial charge is 0.122 e. The predicted molar refractivity (Wildman–Crippen MR) is 142 cm³/mol. The second-order valence-electron chi connectivity index (χ2n) is 9.00. The minimum Gasteiger partial charge on any atom is -0.319 e. The summed E-state index contributed by atoms with van der Waals surface area (Å²) >= 11 is 0. The van der Waals surface area contributed by atoms with E-state index in [1.807, 2.05) is 0 Å². The molecule has 2 aliphatic rings. The third-order valence-corrected chi connectivity index (χ3v) is 7.13. The molecule has 5 aromatic rings. The van der Waals surface area contributed by atoms with Crippen LogP contribution in [0, 0.1) is 0 Å². The van der Waals surface area contributed by atoms with Gasteiger partial charge in [0.2, 0.25) is 0 Å². The third kappa shape index (κ3) is 2.82. The summed E-state index contributed by atoms with van der Waals surface area (Å²) < 4.78 is 2.38. The number of allylic oxidation sites excluding steroid dienone is 2. The second-order valence-corrected chi connectivity index (χ2v) is 9.00. The topological polar surface area (TPSA) is 7.65 Å². The van der Waals surface area contributed by atoms with Crippen molar-refractivity contribution in [2.45, 2.75) is 12.0 Å². The van der Waals surface area contributed by atoms with Gasteiger partial charge < -0.3 is 9.30 Å². The van der Waals surface area contributed by atoms with E-state index < -0.39 is 0 Å². The van der Waals surface area contributed by atoms with Crippen LogP contribution in [0.15, 0.2) is 134 Å². The summed E-state index contributed by atoms with van der Waals surface area (Å²) in [5.74, 6) is 1.58. The van der Waals surface area contributed by atoms with E-state index in [2.05, 4.69) is 143 Å². The Bertz CT molecular complexity index is 1540. The molecule has 0 bridgehead atoms. The molecule has 34 heavy (non-hydrogen) atoms. The second kappa shape index (κ2) is 7.64. The lowest BCUT2D eigenvalue weighted by Crippen LogP contribution is -2.29. The number of hydrogen-bond acceptors (Lipinski definition) is 1. The molecule has 0 spiro atoms. The zero-order valence-electron chi connectivity index (χ0n) is 18.8. The molecule has 162 valence electrons. The summed E-state index contributed by atoms with van der Waals surface area (Å²) in [7, 11) is 0. The Morgan fingerprint density at radius 3 is 1.97 bits per heavy atom. The molecule has 0 fully saturated rings. The average molecular weight is 437 g/mol. The van der Waals surface area contributed by atoms with Crippen molar-refractivity contribution < 1.29 is 0 Å². The highest BCUT2D eigenvalue weighted by molar-refractivity contribution is 5.94. The quantitative estimate of drug-likeness (QED) is 0.278. The molecule has 2 aromatic heterocycles. The van der Waals surface area contributed by atoms with Crippen LogP contribution < -0.4 is 4.90 Å². The van der Waals surface area contributed by atoms with Crippen LogP contribution in [0.5, 0.6) is 0 Å². The maximum absolute atomic E-state index is 2.52. The average Bonchev–Trinajstić information content (AvgIpc) is 3.43. The number of aromatic nitrogens is 1. The highest BCUT2D eigenvalue weighted by atomic mass is 15.3. The molecule has 1 aliphatic carbocycles. The molecule has 0 saturated carbocycles. The lowest BCUT2D eigenvalue weighted by atomic mass is 9.88. The zero-order valence-corrected chi connectivity index (χ0v) is 18.8. The zero-order chi connectivity index (χ0) is 22.5. The van der Waals surface area contributed by atoms with Gasteiger partial charge in [-0.25, -0.2) is 0 Å². The number of fused-ring (bicyclic) bond motifs is 5. The van der Waals surface area contributed by atoms with E-state index in [4.69, 9.17) is 0 Å². The predicted octanol–water partition coefficient (Wildman–Crippen LogP) is 8.00. The minimum atomic E-state index is 0.261. The summed E-state index contributed by atoms with van der Waals surface area (Å²) in [6.45, 7) is 0. The van der Waals surface area contributed by atoms with Gasteiger partial charge in [0, 0.05) is 28.9 Å². The van der Waals surface area contributed by atoms with Crippen molar-refractivity contribution in [3.63, 3.8) is 0 Å². The summed E-state index contributed by atoms with van der Waals surface area (Å²) in [6, 6.07) is 37.2. The van der Waals surface area contributed by atoms with Crippen molar-refractivity contribution in [1.82, 2.24) is 4.40 Å². The molecule has 3 aromatic carbocycles. The first-order chi connectivity index (χ1) is 16.9. The molecule has 2 nitrogen and oxygen atoms in total. The molecule has 2 unspecified atom stereocenters. The fraction of sp³-hybridized carbons (Fsp3) is 0.0625. The monoisotopic (exact) mass is 436 g/mol. The maximum atomic E-state index is 2.52. The molecule has 2 atom stereocenters. The summed E-state index contributed by atoms with van der Waals surface area (Å²) in [4.78, 5) is 2.52. The fourth-order valence-corrected chi connectivity index (χ4v) is 5.67. The van der Waals surface area contributed by atoms with Crippen LogP contribution in [0.25, 0.3) is 27.8 Å². The summed E-state index contributed by atoms with van der Waals surface area (Å²) in [5, 5.41) is 0. The van der Waals surface area contributed by atoms with Crippen LogP contribution in [-0.4, -0.2) is 10.4 Å². The van der Waals surface area contributed by atoms with Gasteiger partial charge in [0.1, 0.15) is 5.82 Å². The van der Waals surface area contributed by atoms with Crippen molar-refractivity contribution >= 4 is 17.0 Å². The SMILES string of the molecule is C1=CC2c3c(-c4ccccc4)c4ccccn4c3N(c3ccc(-c4ccccc4)cc3)C2C=C1. The molecule has 0 saturated heterocycles. The highest BCUT2D eigenvalue weighted by Crippen LogP contribution is 2.53. The first-order valence-corrected chi connectivity index (χ1v) is 11.9. The standard InChI is InChI=1S/C32H24N2/c1-3-11-23(12-4-1)24-18-20-26(21-19-24)34-28-16-8-7-15-27(28)31-30(25-13-5-2-6-14-25)29-17-9-10-22-33(29)32(31)34/h1-22,27-28H. The Labute approximate surface area is 199 Å². The van der Waals surface area contributed by atoms with Crippen LogP contribution in [0.3, 0.4) is 0 Å². The van der Waals surface area contributed by atoms with E-state index >= 15 is 0 Å². The third-order valence-electron chi connectivity index (χ3n) is 7.13. The molecule has 7 rings (SSSR count). The van der Waals surface area contributed by atoms with Crippen molar-refractivity contribution in [1.29, 1.82) is 0 Å². The Morgan fingerprint density at radius 1 is 0.559 bits per heavy atom. The lowest BCUT2D eigenvalue weighted by molar-refractivity contribution is 0.740. The molecule has 3 heterocycles. The summed E-state index contributed by atoms with van der Waals surface area (Å²) in [5.41, 5.74) is 8.99. The maximum Gasteiger partial charge on any atom is 0.122 e. The first kappa shape index (κ1) is 19.2. The summed E-state index contributed by atoms with van der Waals surface area (Å²) in [6.07, 6.45) is 11.3. The van der Waals surface area contributed by atoms with Gasteiger partial charge in [0.05, 0.1) is 11.6 Å². The van der Waals surface area contributed by atoms with Crippen molar-refractivity contribution in [3.8, 4) is 22.3 Å². The van der Waals surface area contributed by atoms with Gasteiger partial charge in [0.15, 0.2) is 0 Å². The van der Waals surface area contributed by atoms with Gasteiger partial charge in [-0.05, 0) is 41.0 Å². The Kier molecular flexibility index (Phi) is 4.31. The number of hydrogen-bond donors (Lipinski definition) is 0. The van der Waals surface area contributed by atoms with Gasteiger partial charge in [-0.15, -0.1) is 0 Å². The molecule has 2 heteroatoms. The highest BCUT2D eigenvalue weighted by Gasteiger charge is 2.42. The fourth-order valence-electron chi connectivity index (χ4n) is 5.67. The Morgan fingerprint density at radius 2 is 1.21 bits per heavy atom. The van der Waals surface area contributed by atoms with Crippen LogP contribution in [0.1, 0.15) is 11.5 Å². The molecular weight excluding hydrogens is 412 g/mol.